The minimum Gasteiger partial charge on any atom is -0.393 e. The Balaban J connectivity index is 1.49. The molecule has 170 valence electrons. The van der Waals surface area contributed by atoms with Crippen molar-refractivity contribution in [3.05, 3.63) is 48.1 Å². The molecule has 0 aromatic rings. The van der Waals surface area contributed by atoms with Gasteiger partial charge in [0, 0.05) is 17.8 Å². The van der Waals surface area contributed by atoms with Crippen LogP contribution in [0.15, 0.2) is 48.1 Å². The first-order chi connectivity index (χ1) is 14.6. The maximum Gasteiger partial charge on any atom is 0.147 e. The van der Waals surface area contributed by atoms with Gasteiger partial charge in [-0.3, -0.25) is 0 Å². The largest absolute Gasteiger partial charge is 0.393 e. The zero-order valence-electron chi connectivity index (χ0n) is 20.0. The Bertz CT molecular complexity index is 869. The molecule has 2 heterocycles. The number of fused-ring (bicyclic) bond motifs is 2. The van der Waals surface area contributed by atoms with Crippen molar-refractivity contribution in [2.45, 2.75) is 90.4 Å². The highest BCUT2D eigenvalue weighted by molar-refractivity contribution is 5.48. The third kappa shape index (κ3) is 2.75. The van der Waals surface area contributed by atoms with E-state index in [4.69, 9.17) is 9.78 Å². The summed E-state index contributed by atoms with van der Waals surface area (Å²) in [5, 5.41) is 10.4. The van der Waals surface area contributed by atoms with Gasteiger partial charge in [-0.15, -0.1) is 0 Å². The van der Waals surface area contributed by atoms with Crippen molar-refractivity contribution >= 4 is 0 Å². The van der Waals surface area contributed by atoms with Crippen LogP contribution in [0.4, 0.5) is 0 Å². The van der Waals surface area contributed by atoms with Crippen LogP contribution < -0.4 is 0 Å². The lowest BCUT2D eigenvalue weighted by molar-refractivity contribution is -0.455. The van der Waals surface area contributed by atoms with Crippen LogP contribution in [0.2, 0.25) is 0 Å². The van der Waals surface area contributed by atoms with Gasteiger partial charge in [-0.25, -0.2) is 9.78 Å². The van der Waals surface area contributed by atoms with E-state index < -0.39 is 11.2 Å². The number of hydrogen-bond acceptors (Lipinski definition) is 3. The molecule has 2 aliphatic heterocycles. The van der Waals surface area contributed by atoms with E-state index in [9.17, 15) is 5.11 Å². The van der Waals surface area contributed by atoms with Crippen LogP contribution in [0.25, 0.3) is 0 Å². The summed E-state index contributed by atoms with van der Waals surface area (Å²) in [5.74, 6) is 2.01. The molecule has 6 rings (SSSR count). The molecule has 6 aliphatic rings. The summed E-state index contributed by atoms with van der Waals surface area (Å²) in [6.45, 7) is 15.7. The lowest BCUT2D eigenvalue weighted by Gasteiger charge is -2.66. The standard InChI is InChI=1S/C28H40O3/c1-18(2)19(3)7-8-20(4)22-9-10-23-25(22,5)13-12-24-26(6)14-11-21(29)17-27(26)15-16-28(23,24)31-30-27/h7-8,12,15-16,19-23,29H,1,9-11,13-14,17H2,2-6H3/b8-7+/t19?,20?,21-,22?,23?,25+,26+,27?,28?/m0/s1. The van der Waals surface area contributed by atoms with Crippen LogP contribution >= 0.6 is 0 Å². The zero-order valence-corrected chi connectivity index (χ0v) is 20.0. The first kappa shape index (κ1) is 21.7. The summed E-state index contributed by atoms with van der Waals surface area (Å²) in [6.07, 6.45) is 17.5. The molecule has 0 aromatic heterocycles. The highest BCUT2D eigenvalue weighted by atomic mass is 17.2. The van der Waals surface area contributed by atoms with Crippen molar-refractivity contribution in [2.24, 2.45) is 34.5 Å². The maximum atomic E-state index is 10.4. The van der Waals surface area contributed by atoms with Crippen molar-refractivity contribution < 1.29 is 14.9 Å². The second-order valence-electron chi connectivity index (χ2n) is 11.9. The number of aliphatic hydroxyl groups is 1. The van der Waals surface area contributed by atoms with Gasteiger partial charge in [0.1, 0.15) is 11.2 Å². The summed E-state index contributed by atoms with van der Waals surface area (Å²) in [7, 11) is 0. The smallest absolute Gasteiger partial charge is 0.147 e. The Morgan fingerprint density at radius 3 is 2.61 bits per heavy atom. The fourth-order valence-corrected chi connectivity index (χ4v) is 7.94. The average molecular weight is 425 g/mol. The fourth-order valence-electron chi connectivity index (χ4n) is 7.94. The van der Waals surface area contributed by atoms with E-state index in [1.165, 1.54) is 24.0 Å². The second kappa shape index (κ2) is 6.92. The van der Waals surface area contributed by atoms with Gasteiger partial charge in [0.15, 0.2) is 0 Å². The van der Waals surface area contributed by atoms with Crippen LogP contribution in [-0.4, -0.2) is 22.4 Å². The minimum absolute atomic E-state index is 0.0823. The highest BCUT2D eigenvalue weighted by Crippen LogP contribution is 2.71. The molecule has 6 unspecified atom stereocenters. The van der Waals surface area contributed by atoms with Gasteiger partial charge in [-0.05, 0) is 79.9 Å². The van der Waals surface area contributed by atoms with Gasteiger partial charge in [0.05, 0.1) is 6.10 Å². The number of aliphatic hydroxyl groups excluding tert-OH is 1. The lowest BCUT2D eigenvalue weighted by atomic mass is 9.47. The van der Waals surface area contributed by atoms with Gasteiger partial charge in [-0.2, -0.15) is 0 Å². The van der Waals surface area contributed by atoms with E-state index in [0.717, 1.165) is 19.3 Å². The quantitative estimate of drug-likeness (QED) is 0.424. The van der Waals surface area contributed by atoms with Gasteiger partial charge in [0.25, 0.3) is 0 Å². The molecule has 1 saturated heterocycles. The Morgan fingerprint density at radius 2 is 1.94 bits per heavy atom. The van der Waals surface area contributed by atoms with Crippen LogP contribution in [0.3, 0.4) is 0 Å². The van der Waals surface area contributed by atoms with E-state index in [2.05, 4.69) is 71.6 Å². The Hall–Kier alpha value is -1.16. The molecular formula is C28H40O3. The summed E-state index contributed by atoms with van der Waals surface area (Å²) in [5.41, 5.74) is 1.81. The van der Waals surface area contributed by atoms with E-state index in [-0.39, 0.29) is 16.9 Å². The second-order valence-corrected chi connectivity index (χ2v) is 11.9. The van der Waals surface area contributed by atoms with Gasteiger partial charge in [-0.1, -0.05) is 58.1 Å². The zero-order chi connectivity index (χ0) is 22.2. The maximum absolute atomic E-state index is 10.4. The normalized spacial score (nSPS) is 49.9. The third-order valence-corrected chi connectivity index (χ3v) is 10.2. The monoisotopic (exact) mass is 424 g/mol. The average Bonchev–Trinajstić information content (AvgIpc) is 3.09. The van der Waals surface area contributed by atoms with Crippen molar-refractivity contribution in [3.63, 3.8) is 0 Å². The molecule has 2 bridgehead atoms. The predicted octanol–water partition coefficient (Wildman–Crippen LogP) is 6.31. The summed E-state index contributed by atoms with van der Waals surface area (Å²) >= 11 is 0. The van der Waals surface area contributed by atoms with E-state index >= 15 is 0 Å². The SMILES string of the molecule is C=C(C)C(C)/C=C/C(C)C1CCC2C34C=CC5(C[C@@H](O)CC[C@]5(C)C3=CC[C@]12C)OO4. The van der Waals surface area contributed by atoms with Crippen molar-refractivity contribution in [1.29, 1.82) is 0 Å². The number of allylic oxidation sites excluding steroid dienone is 4. The molecule has 1 N–H and O–H groups in total. The first-order valence-electron chi connectivity index (χ1n) is 12.4. The highest BCUT2D eigenvalue weighted by Gasteiger charge is 2.71. The third-order valence-electron chi connectivity index (χ3n) is 10.2. The van der Waals surface area contributed by atoms with E-state index in [1.807, 2.05) is 0 Å². The van der Waals surface area contributed by atoms with E-state index in [0.29, 0.717) is 30.1 Å². The molecule has 0 aromatic carbocycles. The molecule has 3 heteroatoms. The molecule has 0 radical (unpaired) electrons. The van der Waals surface area contributed by atoms with Gasteiger partial charge >= 0.3 is 0 Å². The minimum atomic E-state index is -0.515. The molecule has 0 amide bonds. The Labute approximate surface area is 188 Å². The lowest BCUT2D eigenvalue weighted by Crippen LogP contribution is -2.69. The molecule has 3 fully saturated rings. The Morgan fingerprint density at radius 1 is 1.16 bits per heavy atom. The summed E-state index contributed by atoms with van der Waals surface area (Å²) in [4.78, 5) is 12.6. The predicted molar refractivity (Wildman–Crippen MR) is 124 cm³/mol. The topological polar surface area (TPSA) is 38.7 Å². The van der Waals surface area contributed by atoms with Gasteiger partial charge in [0.2, 0.25) is 0 Å². The van der Waals surface area contributed by atoms with Crippen molar-refractivity contribution in [1.82, 2.24) is 0 Å². The van der Waals surface area contributed by atoms with E-state index in [1.54, 1.807) is 0 Å². The van der Waals surface area contributed by atoms with Crippen molar-refractivity contribution in [3.8, 4) is 0 Å². The van der Waals surface area contributed by atoms with Crippen molar-refractivity contribution in [2.75, 3.05) is 0 Å². The van der Waals surface area contributed by atoms with Crippen LogP contribution in [-0.2, 0) is 9.78 Å². The summed E-state index contributed by atoms with van der Waals surface area (Å²) < 4.78 is 0. The first-order valence-corrected chi connectivity index (χ1v) is 12.4. The molecule has 31 heavy (non-hydrogen) atoms. The molecule has 2 saturated carbocycles. The fraction of sp³-hybridized carbons (Fsp3) is 0.714. The van der Waals surface area contributed by atoms with Crippen LogP contribution in [0.5, 0.6) is 0 Å². The van der Waals surface area contributed by atoms with Crippen LogP contribution in [0.1, 0.15) is 73.1 Å². The molecule has 2 spiro atoms. The molecular weight excluding hydrogens is 384 g/mol. The molecule has 9 atom stereocenters. The molecule has 3 nitrogen and oxygen atoms in total. The Kier molecular flexibility index (Phi) is 4.84. The molecule has 4 aliphatic carbocycles. The summed E-state index contributed by atoms with van der Waals surface area (Å²) in [6, 6.07) is 0. The van der Waals surface area contributed by atoms with Crippen LogP contribution in [0, 0.1) is 34.5 Å². The van der Waals surface area contributed by atoms with Gasteiger partial charge < -0.3 is 5.11 Å². The number of rotatable bonds is 4. The number of hydrogen-bond donors (Lipinski definition) is 1.